The number of hydrogen-bond acceptors (Lipinski definition) is 1. The lowest BCUT2D eigenvalue weighted by molar-refractivity contribution is 0.636. The third kappa shape index (κ3) is 1.69. The van der Waals surface area contributed by atoms with Crippen molar-refractivity contribution in [3.05, 3.63) is 28.4 Å². The third-order valence-electron chi connectivity index (χ3n) is 2.23. The normalized spacial score (nSPS) is 11.4. The first kappa shape index (κ1) is 9.71. The fraction of sp³-hybridized carbons (Fsp3) is 0.364. The van der Waals surface area contributed by atoms with Gasteiger partial charge < -0.3 is 0 Å². The van der Waals surface area contributed by atoms with Gasteiger partial charge in [-0.05, 0) is 34.3 Å². The molecule has 0 aliphatic rings. The van der Waals surface area contributed by atoms with Gasteiger partial charge in [-0.3, -0.25) is 5.10 Å². The van der Waals surface area contributed by atoms with Gasteiger partial charge in [0.1, 0.15) is 5.52 Å². The van der Waals surface area contributed by atoms with Crippen LogP contribution in [0.15, 0.2) is 22.7 Å². The summed E-state index contributed by atoms with van der Waals surface area (Å²) in [6.45, 7) is 4.43. The van der Waals surface area contributed by atoms with Crippen molar-refractivity contribution in [1.82, 2.24) is 10.2 Å². The molecule has 1 aromatic heterocycles. The van der Waals surface area contributed by atoms with E-state index in [1.165, 1.54) is 11.1 Å². The smallest absolute Gasteiger partial charge is 0.106 e. The maximum absolute atomic E-state index is 4.30. The molecule has 0 saturated carbocycles. The number of benzene rings is 1. The van der Waals surface area contributed by atoms with Crippen LogP contribution >= 0.6 is 15.9 Å². The highest BCUT2D eigenvalue weighted by molar-refractivity contribution is 9.10. The number of aromatic amines is 1. The lowest BCUT2D eigenvalue weighted by Gasteiger charge is -2.01. The summed E-state index contributed by atoms with van der Waals surface area (Å²) in [6, 6.07) is 6.18. The van der Waals surface area contributed by atoms with Gasteiger partial charge in [-0.15, -0.1) is 0 Å². The Morgan fingerprint density at radius 1 is 1.43 bits per heavy atom. The SMILES string of the molecule is CC(C)Cc1[nH]nc2c(Br)cccc12. The molecule has 0 atom stereocenters. The Labute approximate surface area is 91.8 Å². The Bertz CT molecular complexity index is 445. The summed E-state index contributed by atoms with van der Waals surface area (Å²) in [4.78, 5) is 0. The Morgan fingerprint density at radius 3 is 2.93 bits per heavy atom. The second-order valence-corrected chi connectivity index (χ2v) is 4.79. The summed E-state index contributed by atoms with van der Waals surface area (Å²) in [5.41, 5.74) is 2.26. The first-order chi connectivity index (χ1) is 6.68. The van der Waals surface area contributed by atoms with E-state index in [0.29, 0.717) is 5.92 Å². The van der Waals surface area contributed by atoms with Crippen LogP contribution in [0, 0.1) is 5.92 Å². The van der Waals surface area contributed by atoms with Crippen molar-refractivity contribution in [1.29, 1.82) is 0 Å². The van der Waals surface area contributed by atoms with Gasteiger partial charge in [-0.25, -0.2) is 0 Å². The summed E-state index contributed by atoms with van der Waals surface area (Å²) < 4.78 is 1.06. The topological polar surface area (TPSA) is 28.7 Å². The maximum atomic E-state index is 4.30. The molecule has 1 N–H and O–H groups in total. The van der Waals surface area contributed by atoms with Crippen LogP contribution in [0.2, 0.25) is 0 Å². The van der Waals surface area contributed by atoms with Gasteiger partial charge >= 0.3 is 0 Å². The molecule has 1 heterocycles. The van der Waals surface area contributed by atoms with Crippen LogP contribution in [-0.2, 0) is 6.42 Å². The van der Waals surface area contributed by atoms with Gasteiger partial charge in [0, 0.05) is 15.6 Å². The number of aromatic nitrogens is 2. The molecule has 2 nitrogen and oxygen atoms in total. The standard InChI is InChI=1S/C11H13BrN2/c1-7(2)6-10-8-4-3-5-9(12)11(8)14-13-10/h3-5,7H,6H2,1-2H3,(H,13,14). The average molecular weight is 253 g/mol. The zero-order valence-corrected chi connectivity index (χ0v) is 9.93. The first-order valence-electron chi connectivity index (χ1n) is 4.80. The summed E-state index contributed by atoms with van der Waals surface area (Å²) in [5.74, 6) is 0.651. The van der Waals surface area contributed by atoms with Gasteiger partial charge in [-0.1, -0.05) is 26.0 Å². The summed E-state index contributed by atoms with van der Waals surface area (Å²) >= 11 is 3.49. The fourth-order valence-corrected chi connectivity index (χ4v) is 2.07. The molecule has 14 heavy (non-hydrogen) atoms. The minimum absolute atomic E-state index is 0.651. The number of halogens is 1. The Kier molecular flexibility index (Phi) is 2.59. The van der Waals surface area contributed by atoms with E-state index in [0.717, 1.165) is 16.4 Å². The second-order valence-electron chi connectivity index (χ2n) is 3.94. The molecule has 0 radical (unpaired) electrons. The molecule has 1 aromatic carbocycles. The van der Waals surface area contributed by atoms with Crippen LogP contribution < -0.4 is 0 Å². The van der Waals surface area contributed by atoms with Crippen molar-refractivity contribution in [2.75, 3.05) is 0 Å². The molecule has 0 unspecified atom stereocenters. The van der Waals surface area contributed by atoms with Crippen LogP contribution in [0.1, 0.15) is 19.5 Å². The predicted molar refractivity (Wildman–Crippen MR) is 62.3 cm³/mol. The Hall–Kier alpha value is -0.830. The number of nitrogens with one attached hydrogen (secondary N) is 1. The summed E-state index contributed by atoms with van der Waals surface area (Å²) in [6.07, 6.45) is 1.05. The van der Waals surface area contributed by atoms with Gasteiger partial charge in [0.05, 0.1) is 0 Å². The van der Waals surface area contributed by atoms with Crippen molar-refractivity contribution in [3.63, 3.8) is 0 Å². The molecular weight excluding hydrogens is 240 g/mol. The zero-order chi connectivity index (χ0) is 10.1. The Balaban J connectivity index is 2.52. The van der Waals surface area contributed by atoms with E-state index >= 15 is 0 Å². The van der Waals surface area contributed by atoms with Crippen molar-refractivity contribution >= 4 is 26.8 Å². The molecule has 0 aliphatic carbocycles. The summed E-state index contributed by atoms with van der Waals surface area (Å²) in [5, 5.41) is 8.63. The lowest BCUT2D eigenvalue weighted by atomic mass is 10.1. The van der Waals surface area contributed by atoms with Gasteiger partial charge in [0.25, 0.3) is 0 Å². The molecule has 2 aromatic rings. The third-order valence-corrected chi connectivity index (χ3v) is 2.87. The van der Waals surface area contributed by atoms with E-state index < -0.39 is 0 Å². The zero-order valence-electron chi connectivity index (χ0n) is 8.34. The highest BCUT2D eigenvalue weighted by Crippen LogP contribution is 2.25. The predicted octanol–water partition coefficient (Wildman–Crippen LogP) is 3.52. The van der Waals surface area contributed by atoms with Gasteiger partial charge in [0.2, 0.25) is 0 Å². The second kappa shape index (κ2) is 3.73. The van der Waals surface area contributed by atoms with Crippen LogP contribution in [0.25, 0.3) is 10.9 Å². The van der Waals surface area contributed by atoms with Crippen LogP contribution in [-0.4, -0.2) is 10.2 Å². The number of fused-ring (bicyclic) bond motifs is 1. The molecule has 0 bridgehead atoms. The fourth-order valence-electron chi connectivity index (χ4n) is 1.62. The van der Waals surface area contributed by atoms with E-state index in [1.54, 1.807) is 0 Å². The van der Waals surface area contributed by atoms with E-state index in [-0.39, 0.29) is 0 Å². The minimum atomic E-state index is 0.651. The molecule has 0 amide bonds. The minimum Gasteiger partial charge on any atom is -0.281 e. The molecule has 0 fully saturated rings. The molecular formula is C11H13BrN2. The molecule has 0 spiro atoms. The van der Waals surface area contributed by atoms with Crippen LogP contribution in [0.5, 0.6) is 0 Å². The Morgan fingerprint density at radius 2 is 2.21 bits per heavy atom. The number of nitrogens with zero attached hydrogens (tertiary/aromatic N) is 1. The number of para-hydroxylation sites is 1. The first-order valence-corrected chi connectivity index (χ1v) is 5.59. The van der Waals surface area contributed by atoms with Crippen molar-refractivity contribution < 1.29 is 0 Å². The van der Waals surface area contributed by atoms with Crippen LogP contribution in [0.4, 0.5) is 0 Å². The quantitative estimate of drug-likeness (QED) is 0.871. The summed E-state index contributed by atoms with van der Waals surface area (Å²) in [7, 11) is 0. The molecule has 2 rings (SSSR count). The van der Waals surface area contributed by atoms with E-state index in [2.05, 4.69) is 46.0 Å². The molecule has 74 valence electrons. The highest BCUT2D eigenvalue weighted by atomic mass is 79.9. The van der Waals surface area contributed by atoms with E-state index in [4.69, 9.17) is 0 Å². The van der Waals surface area contributed by atoms with E-state index in [1.807, 2.05) is 12.1 Å². The van der Waals surface area contributed by atoms with Crippen molar-refractivity contribution in [2.45, 2.75) is 20.3 Å². The van der Waals surface area contributed by atoms with E-state index in [9.17, 15) is 0 Å². The molecule has 0 saturated heterocycles. The van der Waals surface area contributed by atoms with Crippen molar-refractivity contribution in [3.8, 4) is 0 Å². The van der Waals surface area contributed by atoms with Gasteiger partial charge in [-0.2, -0.15) is 5.10 Å². The van der Waals surface area contributed by atoms with Crippen LogP contribution in [0.3, 0.4) is 0 Å². The average Bonchev–Trinajstić information content (AvgIpc) is 2.49. The number of H-pyrrole nitrogens is 1. The highest BCUT2D eigenvalue weighted by Gasteiger charge is 2.08. The van der Waals surface area contributed by atoms with Crippen molar-refractivity contribution in [2.24, 2.45) is 5.92 Å². The number of rotatable bonds is 2. The monoisotopic (exact) mass is 252 g/mol. The molecule has 0 aliphatic heterocycles. The molecule has 3 heteroatoms. The largest absolute Gasteiger partial charge is 0.281 e. The lowest BCUT2D eigenvalue weighted by Crippen LogP contribution is -1.94. The van der Waals surface area contributed by atoms with Gasteiger partial charge in [0.15, 0.2) is 0 Å². The number of hydrogen-bond donors (Lipinski definition) is 1. The maximum Gasteiger partial charge on any atom is 0.106 e.